The van der Waals surface area contributed by atoms with Crippen molar-refractivity contribution in [2.45, 2.75) is 27.3 Å². The standard InChI is InChI=1S/C29H24BrN3O4S2/c1-4-37-29(36)23-22(19-10-12-20(30)13-11-19)17(3)38-27(23)32-25(34)24-16(2)21-26(39-24)31-15-33(28(21)35)14-18-8-6-5-7-9-18/h5-13,15H,4,14H2,1-3H3,(H,32,34). The van der Waals surface area contributed by atoms with Gasteiger partial charge in [0.15, 0.2) is 0 Å². The summed E-state index contributed by atoms with van der Waals surface area (Å²) < 4.78 is 7.83. The molecule has 0 radical (unpaired) electrons. The van der Waals surface area contributed by atoms with Crippen LogP contribution in [0, 0.1) is 13.8 Å². The molecule has 1 amide bonds. The van der Waals surface area contributed by atoms with Crippen LogP contribution in [0.4, 0.5) is 5.00 Å². The Morgan fingerprint density at radius 1 is 1.05 bits per heavy atom. The lowest BCUT2D eigenvalue weighted by Crippen LogP contribution is -2.21. The van der Waals surface area contributed by atoms with Crippen molar-refractivity contribution in [3.63, 3.8) is 0 Å². The lowest BCUT2D eigenvalue weighted by atomic mass is 10.0. The number of aryl methyl sites for hydroxylation is 2. The highest BCUT2D eigenvalue weighted by molar-refractivity contribution is 9.10. The van der Waals surface area contributed by atoms with Crippen LogP contribution in [0.1, 0.15) is 43.0 Å². The van der Waals surface area contributed by atoms with Crippen LogP contribution in [0.3, 0.4) is 0 Å². The van der Waals surface area contributed by atoms with Crippen molar-refractivity contribution in [3.05, 3.63) is 102 Å². The molecular weight excluding hydrogens is 598 g/mol. The zero-order valence-electron chi connectivity index (χ0n) is 21.4. The molecule has 5 aromatic rings. The molecule has 0 aliphatic heterocycles. The van der Waals surface area contributed by atoms with E-state index in [2.05, 4.69) is 26.2 Å². The number of amides is 1. The second-order valence-electron chi connectivity index (χ2n) is 8.82. The number of halogens is 1. The van der Waals surface area contributed by atoms with Crippen LogP contribution in [0.5, 0.6) is 0 Å². The molecule has 3 aromatic heterocycles. The van der Waals surface area contributed by atoms with Crippen molar-refractivity contribution >= 4 is 65.7 Å². The first-order valence-corrected chi connectivity index (χ1v) is 14.6. The minimum atomic E-state index is -0.506. The Labute approximate surface area is 241 Å². The topological polar surface area (TPSA) is 90.3 Å². The highest BCUT2D eigenvalue weighted by atomic mass is 79.9. The van der Waals surface area contributed by atoms with Gasteiger partial charge < -0.3 is 10.1 Å². The molecule has 3 heterocycles. The second-order valence-corrected chi connectivity index (χ2v) is 12.0. The summed E-state index contributed by atoms with van der Waals surface area (Å²) in [5.74, 6) is -0.910. The van der Waals surface area contributed by atoms with E-state index in [1.165, 1.54) is 17.7 Å². The van der Waals surface area contributed by atoms with Crippen LogP contribution in [0.15, 0.2) is 70.2 Å². The third-order valence-corrected chi connectivity index (χ3v) is 8.99. The van der Waals surface area contributed by atoms with E-state index in [0.29, 0.717) is 37.8 Å². The highest BCUT2D eigenvalue weighted by Crippen LogP contribution is 2.41. The van der Waals surface area contributed by atoms with Gasteiger partial charge in [-0.2, -0.15) is 0 Å². The first-order valence-electron chi connectivity index (χ1n) is 12.2. The molecule has 0 fully saturated rings. The number of fused-ring (bicyclic) bond motifs is 1. The van der Waals surface area contributed by atoms with Gasteiger partial charge in [0.05, 0.1) is 29.7 Å². The normalized spacial score (nSPS) is 11.1. The van der Waals surface area contributed by atoms with Crippen LogP contribution >= 0.6 is 38.6 Å². The van der Waals surface area contributed by atoms with Crippen molar-refractivity contribution < 1.29 is 14.3 Å². The Bertz CT molecular complexity index is 1760. The van der Waals surface area contributed by atoms with E-state index in [1.54, 1.807) is 18.4 Å². The largest absolute Gasteiger partial charge is 0.462 e. The minimum Gasteiger partial charge on any atom is -0.462 e. The predicted molar refractivity (Wildman–Crippen MR) is 160 cm³/mol. The van der Waals surface area contributed by atoms with Crippen LogP contribution < -0.4 is 10.9 Å². The number of anilines is 1. The van der Waals surface area contributed by atoms with Crippen LogP contribution in [0.2, 0.25) is 0 Å². The summed E-state index contributed by atoms with van der Waals surface area (Å²) in [6, 6.07) is 17.3. The number of rotatable bonds is 7. The van der Waals surface area contributed by atoms with E-state index in [1.807, 2.05) is 61.5 Å². The zero-order valence-corrected chi connectivity index (χ0v) is 24.6. The number of nitrogens with one attached hydrogen (secondary N) is 1. The Morgan fingerprint density at radius 2 is 1.77 bits per heavy atom. The fourth-order valence-electron chi connectivity index (χ4n) is 4.42. The molecule has 10 heteroatoms. The van der Waals surface area contributed by atoms with E-state index in [-0.39, 0.29) is 12.2 Å². The summed E-state index contributed by atoms with van der Waals surface area (Å²) in [6.45, 7) is 5.99. The number of carbonyl (C=O) groups is 2. The van der Waals surface area contributed by atoms with Gasteiger partial charge in [-0.25, -0.2) is 9.78 Å². The highest BCUT2D eigenvalue weighted by Gasteiger charge is 2.27. The molecule has 5 rings (SSSR count). The Morgan fingerprint density at radius 3 is 2.46 bits per heavy atom. The summed E-state index contributed by atoms with van der Waals surface area (Å²) in [6.07, 6.45) is 1.52. The van der Waals surface area contributed by atoms with Crippen molar-refractivity contribution in [2.75, 3.05) is 11.9 Å². The number of thiophene rings is 2. The number of nitrogens with zero attached hydrogens (tertiary/aromatic N) is 2. The summed E-state index contributed by atoms with van der Waals surface area (Å²) in [5, 5.41) is 3.75. The summed E-state index contributed by atoms with van der Waals surface area (Å²) >= 11 is 5.92. The summed E-state index contributed by atoms with van der Waals surface area (Å²) in [4.78, 5) is 46.1. The number of benzene rings is 2. The molecule has 0 saturated carbocycles. The monoisotopic (exact) mass is 621 g/mol. The fourth-order valence-corrected chi connectivity index (χ4v) is 6.78. The van der Waals surface area contributed by atoms with Crippen molar-refractivity contribution in [1.82, 2.24) is 9.55 Å². The van der Waals surface area contributed by atoms with Gasteiger partial charge in [0.2, 0.25) is 0 Å². The average Bonchev–Trinajstić information content (AvgIpc) is 3.43. The molecule has 7 nitrogen and oxygen atoms in total. The average molecular weight is 623 g/mol. The smallest absolute Gasteiger partial charge is 0.341 e. The Balaban J connectivity index is 1.52. The van der Waals surface area contributed by atoms with Crippen LogP contribution in [-0.2, 0) is 11.3 Å². The Hall–Kier alpha value is -3.60. The van der Waals surface area contributed by atoms with Gasteiger partial charge in [-0.05, 0) is 49.6 Å². The van der Waals surface area contributed by atoms with Gasteiger partial charge in [0.25, 0.3) is 11.5 Å². The van der Waals surface area contributed by atoms with E-state index in [4.69, 9.17) is 4.74 Å². The molecule has 0 aliphatic rings. The molecule has 0 aliphatic carbocycles. The molecule has 1 N–H and O–H groups in total. The molecule has 0 spiro atoms. The summed E-state index contributed by atoms with van der Waals surface area (Å²) in [5.41, 5.74) is 3.22. The number of esters is 1. The minimum absolute atomic E-state index is 0.201. The maximum absolute atomic E-state index is 13.5. The van der Waals surface area contributed by atoms with Gasteiger partial charge in [-0.15, -0.1) is 22.7 Å². The van der Waals surface area contributed by atoms with Gasteiger partial charge in [0.1, 0.15) is 15.4 Å². The van der Waals surface area contributed by atoms with Crippen molar-refractivity contribution in [2.24, 2.45) is 0 Å². The lowest BCUT2D eigenvalue weighted by molar-refractivity contribution is 0.0529. The summed E-state index contributed by atoms with van der Waals surface area (Å²) in [7, 11) is 0. The molecule has 198 valence electrons. The molecule has 39 heavy (non-hydrogen) atoms. The van der Waals surface area contributed by atoms with E-state index < -0.39 is 11.9 Å². The lowest BCUT2D eigenvalue weighted by Gasteiger charge is -2.09. The quantitative estimate of drug-likeness (QED) is 0.197. The third kappa shape index (κ3) is 5.32. The fraction of sp³-hybridized carbons (Fsp3) is 0.172. The molecule has 0 atom stereocenters. The Kier molecular flexibility index (Phi) is 7.79. The number of carbonyl (C=O) groups excluding carboxylic acids is 2. The molecule has 0 saturated heterocycles. The second kappa shape index (κ2) is 11.3. The molecular formula is C29H24BrN3O4S2. The number of hydrogen-bond donors (Lipinski definition) is 1. The van der Waals surface area contributed by atoms with Gasteiger partial charge in [-0.3, -0.25) is 14.2 Å². The van der Waals surface area contributed by atoms with E-state index >= 15 is 0 Å². The molecule has 0 unspecified atom stereocenters. The zero-order chi connectivity index (χ0) is 27.7. The predicted octanol–water partition coefficient (Wildman–Crippen LogP) is 7.04. The van der Waals surface area contributed by atoms with Gasteiger partial charge in [0, 0.05) is 14.9 Å². The van der Waals surface area contributed by atoms with Crippen LogP contribution in [-0.4, -0.2) is 28.0 Å². The number of aromatic nitrogens is 2. The van der Waals surface area contributed by atoms with Crippen LogP contribution in [0.25, 0.3) is 21.3 Å². The van der Waals surface area contributed by atoms with Crippen molar-refractivity contribution in [1.29, 1.82) is 0 Å². The van der Waals surface area contributed by atoms with E-state index in [0.717, 1.165) is 37.4 Å². The maximum Gasteiger partial charge on any atom is 0.341 e. The molecule has 2 aromatic carbocycles. The third-order valence-electron chi connectivity index (χ3n) is 6.24. The number of hydrogen-bond acceptors (Lipinski definition) is 7. The van der Waals surface area contributed by atoms with E-state index in [9.17, 15) is 14.4 Å². The first kappa shape index (κ1) is 27.0. The molecule has 0 bridgehead atoms. The van der Waals surface area contributed by atoms with Crippen molar-refractivity contribution in [3.8, 4) is 11.1 Å². The SMILES string of the molecule is CCOC(=O)c1c(NC(=O)c2sc3ncn(Cc4ccccc4)c(=O)c3c2C)sc(C)c1-c1ccc(Br)cc1. The van der Waals surface area contributed by atoms with Gasteiger partial charge in [-0.1, -0.05) is 58.4 Å². The number of ether oxygens (including phenoxy) is 1. The first-order chi connectivity index (χ1) is 18.8. The maximum atomic E-state index is 13.5. The van der Waals surface area contributed by atoms with Gasteiger partial charge >= 0.3 is 5.97 Å².